The molecule has 3 aromatic carbocycles. The van der Waals surface area contributed by atoms with Crippen LogP contribution >= 0.6 is 15.9 Å². The average molecular weight is 578 g/mol. The molecule has 0 saturated carbocycles. The van der Waals surface area contributed by atoms with Gasteiger partial charge in [0.1, 0.15) is 5.75 Å². The number of amides is 1. The SMILES string of the molecule is CCc1cccc(CC)c1N1C[C@@H](C(=O)OCC(=O)c2ccc(OC(=O)c3ccc(Br)cc3)cc2)CC1=O. The number of para-hydroxylation sites is 1. The van der Waals surface area contributed by atoms with Crippen LogP contribution in [0.2, 0.25) is 0 Å². The van der Waals surface area contributed by atoms with Crippen molar-refractivity contribution in [3.8, 4) is 5.75 Å². The lowest BCUT2D eigenvalue weighted by molar-refractivity contribution is -0.147. The molecule has 0 unspecified atom stereocenters. The molecule has 0 aromatic heterocycles. The molecule has 1 atom stereocenters. The Bertz CT molecular complexity index is 1330. The van der Waals surface area contributed by atoms with Gasteiger partial charge >= 0.3 is 11.9 Å². The maximum Gasteiger partial charge on any atom is 0.343 e. The number of ketones is 1. The summed E-state index contributed by atoms with van der Waals surface area (Å²) >= 11 is 3.32. The number of carbonyl (C=O) groups excluding carboxylic acids is 4. The number of hydrogen-bond acceptors (Lipinski definition) is 6. The highest BCUT2D eigenvalue weighted by Crippen LogP contribution is 2.32. The first kappa shape index (κ1) is 27.3. The lowest BCUT2D eigenvalue weighted by Gasteiger charge is -2.23. The second-order valence-electron chi connectivity index (χ2n) is 8.99. The van der Waals surface area contributed by atoms with E-state index in [-0.39, 0.29) is 24.6 Å². The third-order valence-electron chi connectivity index (χ3n) is 6.51. The lowest BCUT2D eigenvalue weighted by atomic mass is 10.0. The van der Waals surface area contributed by atoms with Crippen molar-refractivity contribution in [1.29, 1.82) is 0 Å². The molecule has 38 heavy (non-hydrogen) atoms. The molecule has 1 aliphatic rings. The number of aryl methyl sites for hydroxylation is 2. The first-order valence-corrected chi connectivity index (χ1v) is 13.3. The van der Waals surface area contributed by atoms with Crippen LogP contribution in [0.15, 0.2) is 71.2 Å². The maximum atomic E-state index is 12.8. The first-order valence-electron chi connectivity index (χ1n) is 12.5. The van der Waals surface area contributed by atoms with Crippen LogP contribution in [0.25, 0.3) is 0 Å². The predicted molar refractivity (Wildman–Crippen MR) is 146 cm³/mol. The van der Waals surface area contributed by atoms with Gasteiger partial charge in [0.05, 0.1) is 11.5 Å². The fraction of sp³-hybridized carbons (Fsp3) is 0.267. The third-order valence-corrected chi connectivity index (χ3v) is 7.03. The zero-order valence-corrected chi connectivity index (χ0v) is 22.8. The quantitative estimate of drug-likeness (QED) is 0.187. The van der Waals surface area contributed by atoms with Gasteiger partial charge in [-0.25, -0.2) is 4.79 Å². The fourth-order valence-electron chi connectivity index (χ4n) is 4.44. The van der Waals surface area contributed by atoms with Gasteiger partial charge in [0.15, 0.2) is 12.4 Å². The van der Waals surface area contributed by atoms with E-state index in [1.807, 2.05) is 32.0 Å². The van der Waals surface area contributed by atoms with Crippen LogP contribution in [0.5, 0.6) is 5.75 Å². The molecule has 4 rings (SSSR count). The van der Waals surface area contributed by atoms with Crippen molar-refractivity contribution in [2.75, 3.05) is 18.1 Å². The Labute approximate surface area is 229 Å². The van der Waals surface area contributed by atoms with Gasteiger partial charge in [-0.3, -0.25) is 14.4 Å². The van der Waals surface area contributed by atoms with Gasteiger partial charge in [-0.1, -0.05) is 48.0 Å². The smallest absolute Gasteiger partial charge is 0.343 e. The van der Waals surface area contributed by atoms with Crippen LogP contribution in [-0.2, 0) is 27.2 Å². The van der Waals surface area contributed by atoms with Gasteiger partial charge in [0.25, 0.3) is 0 Å². The lowest BCUT2D eigenvalue weighted by Crippen LogP contribution is -2.29. The van der Waals surface area contributed by atoms with E-state index in [1.165, 1.54) is 24.3 Å². The first-order chi connectivity index (χ1) is 18.3. The van der Waals surface area contributed by atoms with Gasteiger partial charge < -0.3 is 14.4 Å². The normalized spacial score (nSPS) is 14.9. The summed E-state index contributed by atoms with van der Waals surface area (Å²) in [5, 5.41) is 0. The van der Waals surface area contributed by atoms with Gasteiger partial charge in [0.2, 0.25) is 5.91 Å². The monoisotopic (exact) mass is 577 g/mol. The minimum atomic E-state index is -0.634. The van der Waals surface area contributed by atoms with E-state index in [2.05, 4.69) is 15.9 Å². The van der Waals surface area contributed by atoms with Crippen molar-refractivity contribution in [3.05, 3.63) is 93.5 Å². The molecule has 0 N–H and O–H groups in total. The Hall–Kier alpha value is -3.78. The Morgan fingerprint density at radius 3 is 2.11 bits per heavy atom. The van der Waals surface area contributed by atoms with Crippen molar-refractivity contribution in [1.82, 2.24) is 0 Å². The molecule has 0 spiro atoms. The Morgan fingerprint density at radius 1 is 0.895 bits per heavy atom. The molecule has 1 saturated heterocycles. The molecule has 3 aromatic rings. The molecular weight excluding hydrogens is 550 g/mol. The van der Waals surface area contributed by atoms with Crippen LogP contribution in [0, 0.1) is 5.92 Å². The second-order valence-corrected chi connectivity index (χ2v) is 9.90. The Kier molecular flexibility index (Phi) is 8.73. The second kappa shape index (κ2) is 12.2. The molecule has 1 aliphatic heterocycles. The summed E-state index contributed by atoms with van der Waals surface area (Å²) < 4.78 is 11.5. The van der Waals surface area contributed by atoms with E-state index in [0.717, 1.165) is 34.1 Å². The molecule has 1 amide bonds. The van der Waals surface area contributed by atoms with Crippen molar-refractivity contribution in [2.45, 2.75) is 33.1 Å². The molecule has 7 nitrogen and oxygen atoms in total. The molecule has 196 valence electrons. The number of nitrogens with zero attached hydrogens (tertiary/aromatic N) is 1. The molecular formula is C30H28BrNO6. The summed E-state index contributed by atoms with van der Waals surface area (Å²) in [4.78, 5) is 52.1. The summed E-state index contributed by atoms with van der Waals surface area (Å²) in [7, 11) is 0. The minimum Gasteiger partial charge on any atom is -0.457 e. The molecule has 1 heterocycles. The number of hydrogen-bond donors (Lipinski definition) is 0. The molecule has 8 heteroatoms. The zero-order valence-electron chi connectivity index (χ0n) is 21.2. The van der Waals surface area contributed by atoms with E-state index in [9.17, 15) is 19.2 Å². The summed E-state index contributed by atoms with van der Waals surface area (Å²) in [5.41, 5.74) is 3.72. The molecule has 0 bridgehead atoms. The van der Waals surface area contributed by atoms with Crippen molar-refractivity contribution >= 4 is 45.2 Å². The number of anilines is 1. The van der Waals surface area contributed by atoms with E-state index >= 15 is 0 Å². The van der Waals surface area contributed by atoms with Gasteiger partial charge in [-0.2, -0.15) is 0 Å². The number of benzene rings is 3. The minimum absolute atomic E-state index is 0.0483. The topological polar surface area (TPSA) is 90.0 Å². The van der Waals surface area contributed by atoms with Crippen molar-refractivity contribution < 1.29 is 28.7 Å². The fourth-order valence-corrected chi connectivity index (χ4v) is 4.71. The largest absolute Gasteiger partial charge is 0.457 e. The Morgan fingerprint density at radius 2 is 1.50 bits per heavy atom. The molecule has 1 fully saturated rings. The number of carbonyl (C=O) groups is 4. The van der Waals surface area contributed by atoms with Gasteiger partial charge in [-0.05, 0) is 72.5 Å². The number of halogens is 1. The zero-order chi connectivity index (χ0) is 27.2. The highest BCUT2D eigenvalue weighted by Gasteiger charge is 2.37. The maximum absolute atomic E-state index is 12.8. The number of ether oxygens (including phenoxy) is 2. The molecule has 0 radical (unpaired) electrons. The summed E-state index contributed by atoms with van der Waals surface area (Å²) in [5.74, 6) is -1.95. The number of esters is 2. The van der Waals surface area contributed by atoms with Crippen LogP contribution in [-0.4, -0.2) is 36.8 Å². The summed E-state index contributed by atoms with van der Waals surface area (Å²) in [6, 6.07) is 18.8. The van der Waals surface area contributed by atoms with E-state index < -0.39 is 30.2 Å². The predicted octanol–water partition coefficient (Wildman–Crippen LogP) is 5.57. The van der Waals surface area contributed by atoms with Gasteiger partial charge in [-0.15, -0.1) is 0 Å². The van der Waals surface area contributed by atoms with E-state index in [0.29, 0.717) is 11.1 Å². The summed E-state index contributed by atoms with van der Waals surface area (Å²) in [6.45, 7) is 3.87. The van der Waals surface area contributed by atoms with Crippen molar-refractivity contribution in [3.63, 3.8) is 0 Å². The third kappa shape index (κ3) is 6.19. The Balaban J connectivity index is 1.32. The van der Waals surface area contributed by atoms with Crippen LogP contribution < -0.4 is 9.64 Å². The average Bonchev–Trinajstić information content (AvgIpc) is 3.32. The van der Waals surface area contributed by atoms with Crippen molar-refractivity contribution in [2.24, 2.45) is 5.92 Å². The number of Topliss-reactive ketones (excluding diaryl/α,β-unsaturated/α-hetero) is 1. The van der Waals surface area contributed by atoms with E-state index in [1.54, 1.807) is 29.2 Å². The van der Waals surface area contributed by atoms with Gasteiger partial charge in [0, 0.05) is 28.7 Å². The van der Waals surface area contributed by atoms with E-state index in [4.69, 9.17) is 9.47 Å². The molecule has 0 aliphatic carbocycles. The standard InChI is InChI=1S/C30H28BrNO6/c1-3-19-6-5-7-20(4-2)28(19)32-17-23(16-27(32)34)29(35)37-18-26(33)21-10-14-25(15-11-21)38-30(36)22-8-12-24(31)13-9-22/h5-15,23H,3-4,16-18H2,1-2H3/t23-/m0/s1. The van der Waals surface area contributed by atoms with Crippen LogP contribution in [0.4, 0.5) is 5.69 Å². The highest BCUT2D eigenvalue weighted by molar-refractivity contribution is 9.10. The van der Waals surface area contributed by atoms with Crippen LogP contribution in [0.1, 0.15) is 52.1 Å². The highest BCUT2D eigenvalue weighted by atomic mass is 79.9. The van der Waals surface area contributed by atoms with Crippen LogP contribution in [0.3, 0.4) is 0 Å². The number of rotatable bonds is 9. The summed E-state index contributed by atoms with van der Waals surface area (Å²) in [6.07, 6.45) is 1.60.